The van der Waals surface area contributed by atoms with Crippen LogP contribution in [0.4, 0.5) is 11.8 Å². The first-order valence-corrected chi connectivity index (χ1v) is 8.19. The van der Waals surface area contributed by atoms with Crippen molar-refractivity contribution in [2.75, 3.05) is 43.1 Å². The number of nitrogens with one attached hydrogen (secondary N) is 1. The number of hydrogen-bond acceptors (Lipinski definition) is 6. The third kappa shape index (κ3) is 3.17. The van der Waals surface area contributed by atoms with E-state index in [1.54, 1.807) is 0 Å². The number of aliphatic hydroxyl groups is 1. The van der Waals surface area contributed by atoms with Gasteiger partial charge in [0.05, 0.1) is 18.9 Å². The quantitative estimate of drug-likeness (QED) is 0.864. The van der Waals surface area contributed by atoms with Crippen molar-refractivity contribution in [3.05, 3.63) is 11.8 Å². The van der Waals surface area contributed by atoms with Gasteiger partial charge in [-0.2, -0.15) is 4.98 Å². The lowest BCUT2D eigenvalue weighted by molar-refractivity contribution is 0.193. The summed E-state index contributed by atoms with van der Waals surface area (Å²) >= 11 is 0. The highest BCUT2D eigenvalue weighted by Crippen LogP contribution is 2.35. The van der Waals surface area contributed by atoms with E-state index in [2.05, 4.69) is 40.1 Å². The minimum Gasteiger partial charge on any atom is -0.395 e. The molecule has 2 aliphatic rings. The molecule has 6 nitrogen and oxygen atoms in total. The summed E-state index contributed by atoms with van der Waals surface area (Å²) in [4.78, 5) is 11.7. The zero-order valence-corrected chi connectivity index (χ0v) is 13.5. The van der Waals surface area contributed by atoms with Crippen LogP contribution in [0.25, 0.3) is 0 Å². The molecule has 2 saturated heterocycles. The number of nitrogens with zero attached hydrogens (tertiary/aromatic N) is 3. The van der Waals surface area contributed by atoms with E-state index in [-0.39, 0.29) is 12.1 Å². The molecule has 6 heteroatoms. The molecule has 2 fully saturated rings. The first-order chi connectivity index (χ1) is 10.6. The summed E-state index contributed by atoms with van der Waals surface area (Å²) in [6, 6.07) is 2.12. The average molecular weight is 306 g/mol. The van der Waals surface area contributed by atoms with Crippen molar-refractivity contribution in [1.82, 2.24) is 9.97 Å². The molecule has 0 saturated carbocycles. The van der Waals surface area contributed by atoms with E-state index >= 15 is 0 Å². The van der Waals surface area contributed by atoms with Gasteiger partial charge in [0.25, 0.3) is 0 Å². The molecule has 22 heavy (non-hydrogen) atoms. The minimum absolute atomic E-state index is 0.0741. The molecule has 0 unspecified atom stereocenters. The summed E-state index contributed by atoms with van der Waals surface area (Å²) in [6.07, 6.45) is 3.38. The average Bonchev–Trinajstić information content (AvgIpc) is 3.14. The highest BCUT2D eigenvalue weighted by Gasteiger charge is 2.33. The van der Waals surface area contributed by atoms with Crippen molar-refractivity contribution < 1.29 is 9.84 Å². The van der Waals surface area contributed by atoms with Crippen LogP contribution >= 0.6 is 0 Å². The van der Waals surface area contributed by atoms with Crippen LogP contribution in [0, 0.1) is 0 Å². The number of hydrogen-bond donors (Lipinski definition) is 2. The Morgan fingerprint density at radius 2 is 2.32 bits per heavy atom. The minimum atomic E-state index is 0.0741. The Hall–Kier alpha value is -1.40. The second-order valence-corrected chi connectivity index (χ2v) is 6.75. The summed E-state index contributed by atoms with van der Waals surface area (Å²) in [5, 5.41) is 12.1. The monoisotopic (exact) mass is 306 g/mol. The normalized spacial score (nSPS) is 24.0. The van der Waals surface area contributed by atoms with E-state index in [0.29, 0.717) is 18.4 Å². The van der Waals surface area contributed by atoms with Gasteiger partial charge >= 0.3 is 0 Å². The maximum Gasteiger partial charge on any atom is 0.224 e. The molecule has 2 N–H and O–H groups in total. The predicted octanol–water partition coefficient (Wildman–Crippen LogP) is 1.76. The topological polar surface area (TPSA) is 70.5 Å². The van der Waals surface area contributed by atoms with E-state index in [1.807, 2.05) is 0 Å². The molecule has 1 atom stereocenters. The first kappa shape index (κ1) is 15.5. The van der Waals surface area contributed by atoms with E-state index in [4.69, 9.17) is 9.84 Å². The molecule has 0 aromatic carbocycles. The summed E-state index contributed by atoms with van der Waals surface area (Å²) < 4.78 is 5.50. The van der Waals surface area contributed by atoms with Crippen LogP contribution in [0.5, 0.6) is 0 Å². The Labute approximate surface area is 131 Å². The number of aliphatic hydroxyl groups excluding tert-OH is 1. The maximum absolute atomic E-state index is 9.02. The molecule has 0 amide bonds. The zero-order chi connectivity index (χ0) is 15.6. The van der Waals surface area contributed by atoms with Gasteiger partial charge in [-0.05, 0) is 33.1 Å². The molecule has 0 bridgehead atoms. The standard InChI is InChI=1S/C16H26N4O2/c1-16(2)5-3-7-20(16)14-10-13(12-4-9-22-11-12)18-15(19-14)17-6-8-21/h10,12,21H,3-9,11H2,1-2H3,(H,17,18,19)/t12-/m1/s1. The molecule has 1 aromatic rings. The lowest BCUT2D eigenvalue weighted by Crippen LogP contribution is -2.39. The Morgan fingerprint density at radius 1 is 1.45 bits per heavy atom. The lowest BCUT2D eigenvalue weighted by Gasteiger charge is -2.33. The third-order valence-electron chi connectivity index (χ3n) is 4.65. The van der Waals surface area contributed by atoms with Crippen molar-refractivity contribution in [2.24, 2.45) is 0 Å². The molecular weight excluding hydrogens is 280 g/mol. The number of rotatable bonds is 5. The fraction of sp³-hybridized carbons (Fsp3) is 0.750. The SMILES string of the molecule is CC1(C)CCCN1c1cc([C@@H]2CCOC2)nc(NCCO)n1. The van der Waals surface area contributed by atoms with Gasteiger partial charge < -0.3 is 20.1 Å². The summed E-state index contributed by atoms with van der Waals surface area (Å²) in [6.45, 7) is 7.64. The summed E-state index contributed by atoms with van der Waals surface area (Å²) in [7, 11) is 0. The van der Waals surface area contributed by atoms with Gasteiger partial charge in [0, 0.05) is 37.2 Å². The van der Waals surface area contributed by atoms with Crippen molar-refractivity contribution in [2.45, 2.75) is 44.6 Å². The first-order valence-electron chi connectivity index (χ1n) is 8.19. The molecule has 122 valence electrons. The fourth-order valence-electron chi connectivity index (χ4n) is 3.35. The summed E-state index contributed by atoms with van der Waals surface area (Å²) in [5.41, 5.74) is 1.18. The van der Waals surface area contributed by atoms with Crippen LogP contribution in [0.2, 0.25) is 0 Å². The Bertz CT molecular complexity index is 515. The van der Waals surface area contributed by atoms with Crippen molar-refractivity contribution >= 4 is 11.8 Å². The largest absolute Gasteiger partial charge is 0.395 e. The smallest absolute Gasteiger partial charge is 0.224 e. The van der Waals surface area contributed by atoms with Gasteiger partial charge in [-0.15, -0.1) is 0 Å². The van der Waals surface area contributed by atoms with E-state index in [0.717, 1.165) is 37.7 Å². The lowest BCUT2D eigenvalue weighted by atomic mass is 10.0. The zero-order valence-electron chi connectivity index (χ0n) is 13.5. The van der Waals surface area contributed by atoms with Crippen molar-refractivity contribution in [3.63, 3.8) is 0 Å². The number of anilines is 2. The molecule has 1 aromatic heterocycles. The van der Waals surface area contributed by atoms with Crippen LogP contribution in [-0.4, -0.2) is 53.5 Å². The molecule has 3 heterocycles. The van der Waals surface area contributed by atoms with Crippen LogP contribution < -0.4 is 10.2 Å². The number of aromatic nitrogens is 2. The van der Waals surface area contributed by atoms with Crippen LogP contribution in [0.15, 0.2) is 6.07 Å². The highest BCUT2D eigenvalue weighted by atomic mass is 16.5. The molecule has 3 rings (SSSR count). The third-order valence-corrected chi connectivity index (χ3v) is 4.65. The van der Waals surface area contributed by atoms with Gasteiger partial charge in [-0.3, -0.25) is 0 Å². The Balaban J connectivity index is 1.91. The van der Waals surface area contributed by atoms with E-state index in [1.165, 1.54) is 12.8 Å². The molecule has 0 radical (unpaired) electrons. The van der Waals surface area contributed by atoms with Gasteiger partial charge in [0.2, 0.25) is 5.95 Å². The fourth-order valence-corrected chi connectivity index (χ4v) is 3.35. The second kappa shape index (κ2) is 6.38. The Kier molecular flexibility index (Phi) is 4.49. The highest BCUT2D eigenvalue weighted by molar-refractivity contribution is 5.49. The number of ether oxygens (including phenoxy) is 1. The molecular formula is C16H26N4O2. The van der Waals surface area contributed by atoms with Crippen LogP contribution in [-0.2, 0) is 4.74 Å². The van der Waals surface area contributed by atoms with Crippen LogP contribution in [0.3, 0.4) is 0 Å². The van der Waals surface area contributed by atoms with Gasteiger partial charge in [0.1, 0.15) is 5.82 Å². The predicted molar refractivity (Wildman–Crippen MR) is 86.4 cm³/mol. The maximum atomic E-state index is 9.02. The Morgan fingerprint density at radius 3 is 2.95 bits per heavy atom. The van der Waals surface area contributed by atoms with Gasteiger partial charge in [-0.1, -0.05) is 0 Å². The van der Waals surface area contributed by atoms with E-state index < -0.39 is 0 Å². The second-order valence-electron chi connectivity index (χ2n) is 6.75. The van der Waals surface area contributed by atoms with Crippen LogP contribution in [0.1, 0.15) is 44.7 Å². The van der Waals surface area contributed by atoms with Gasteiger partial charge in [0.15, 0.2) is 0 Å². The van der Waals surface area contributed by atoms with Crippen molar-refractivity contribution in [3.8, 4) is 0 Å². The van der Waals surface area contributed by atoms with E-state index in [9.17, 15) is 0 Å². The molecule has 2 aliphatic heterocycles. The van der Waals surface area contributed by atoms with Gasteiger partial charge in [-0.25, -0.2) is 4.98 Å². The molecule has 0 spiro atoms. The van der Waals surface area contributed by atoms with Crippen molar-refractivity contribution in [1.29, 1.82) is 0 Å². The molecule has 0 aliphatic carbocycles. The summed E-state index contributed by atoms with van der Waals surface area (Å²) in [5.74, 6) is 1.94.